The van der Waals surface area contributed by atoms with Crippen LogP contribution in [0.4, 0.5) is 0 Å². The second-order valence-electron chi connectivity index (χ2n) is 15.7. The normalized spacial score (nSPS) is 14.6. The Morgan fingerprint density at radius 1 is 0.444 bits per heavy atom. The smallest absolute Gasteiger partial charge is 0.249 e. The van der Waals surface area contributed by atoms with Crippen LogP contribution in [0.3, 0.4) is 0 Å². The Hall–Kier alpha value is -1.73. The summed E-state index contributed by atoms with van der Waals surface area (Å²) in [6.07, 6.45) is 51.4. The van der Waals surface area contributed by atoms with Crippen molar-refractivity contribution >= 4 is 5.91 Å². The zero-order valence-electron chi connectivity index (χ0n) is 35.5. The van der Waals surface area contributed by atoms with Crippen molar-refractivity contribution in [2.24, 2.45) is 0 Å². The molecule has 0 aliphatic rings. The Balaban J connectivity index is 3.83. The molecule has 4 atom stereocenters. The Morgan fingerprint density at radius 3 is 1.17 bits per heavy atom. The number of carbonyl (C=O) groups excluding carboxylic acids is 1. The first-order chi connectivity index (χ1) is 26.5. The van der Waals surface area contributed by atoms with Gasteiger partial charge in [-0.2, -0.15) is 0 Å². The molecule has 0 aromatic heterocycles. The monoisotopic (exact) mass is 760 g/mol. The highest BCUT2D eigenvalue weighted by Gasteiger charge is 2.28. The van der Waals surface area contributed by atoms with Crippen molar-refractivity contribution in [1.29, 1.82) is 0 Å². The predicted octanol–water partition coefficient (Wildman–Crippen LogP) is 12.3. The zero-order chi connectivity index (χ0) is 39.6. The van der Waals surface area contributed by atoms with E-state index in [2.05, 4.69) is 67.8 Å². The summed E-state index contributed by atoms with van der Waals surface area (Å²) >= 11 is 0. The van der Waals surface area contributed by atoms with Gasteiger partial charge in [0.2, 0.25) is 5.91 Å². The number of unbranched alkanes of at least 4 members (excludes halogenated alkanes) is 24. The lowest BCUT2D eigenvalue weighted by atomic mass is 10.00. The quantitative estimate of drug-likeness (QED) is 0.0315. The van der Waals surface area contributed by atoms with Gasteiger partial charge in [-0.25, -0.2) is 0 Å². The summed E-state index contributed by atoms with van der Waals surface area (Å²) in [6.45, 7) is 4.02. The highest BCUT2D eigenvalue weighted by atomic mass is 16.3. The molecule has 1 amide bonds. The van der Waals surface area contributed by atoms with Gasteiger partial charge < -0.3 is 25.7 Å². The van der Waals surface area contributed by atoms with Crippen LogP contribution >= 0.6 is 0 Å². The van der Waals surface area contributed by atoms with E-state index in [0.29, 0.717) is 19.3 Å². The molecule has 0 rings (SSSR count). The number of aliphatic hydroxyl groups excluding tert-OH is 4. The minimum atomic E-state index is -1.30. The summed E-state index contributed by atoms with van der Waals surface area (Å²) in [5.74, 6) is -0.605. The van der Waals surface area contributed by atoms with E-state index in [9.17, 15) is 25.2 Å². The molecule has 6 heteroatoms. The van der Waals surface area contributed by atoms with Crippen LogP contribution in [-0.4, -0.2) is 57.3 Å². The van der Waals surface area contributed by atoms with Crippen molar-refractivity contribution in [2.75, 3.05) is 6.61 Å². The molecule has 0 radical (unpaired) electrons. The molecule has 0 aromatic rings. The average Bonchev–Trinajstić information content (AvgIpc) is 3.18. The number of hydrogen-bond acceptors (Lipinski definition) is 5. The summed E-state index contributed by atoms with van der Waals surface area (Å²) in [5, 5.41) is 43.7. The fraction of sp³-hybridized carbons (Fsp3) is 0.812. The molecule has 4 unspecified atom stereocenters. The molecular weight excluding hydrogens is 671 g/mol. The first-order valence-corrected chi connectivity index (χ1v) is 23.0. The van der Waals surface area contributed by atoms with Crippen LogP contribution in [0.25, 0.3) is 0 Å². The van der Waals surface area contributed by atoms with Gasteiger partial charge in [0.1, 0.15) is 12.2 Å². The van der Waals surface area contributed by atoms with Crippen LogP contribution in [-0.2, 0) is 4.79 Å². The molecule has 316 valence electrons. The second-order valence-corrected chi connectivity index (χ2v) is 15.7. The SMILES string of the molecule is CCCCCCCC/C=C/CC/C=C/CC/C=C/CCCC(O)C(O)C(CO)NC(=O)C(O)CCCCCCCC/C=C\CCCCCCCCCCC. The lowest BCUT2D eigenvalue weighted by Crippen LogP contribution is -2.53. The van der Waals surface area contributed by atoms with E-state index in [4.69, 9.17) is 0 Å². The minimum Gasteiger partial charge on any atom is -0.394 e. The Kier molecular flexibility index (Phi) is 41.1. The highest BCUT2D eigenvalue weighted by Crippen LogP contribution is 2.14. The summed E-state index contributed by atoms with van der Waals surface area (Å²) in [5.41, 5.74) is 0. The standard InChI is InChI=1S/C48H89NO5/c1-3-5-7-9-11-13-15-17-19-21-23-25-27-29-31-33-35-37-39-41-45(51)47(53)44(43-50)49-48(54)46(52)42-40-38-36-34-32-30-28-26-24-22-20-18-16-14-12-10-8-6-4-2/h17,19,24-27,33,35,44-47,50-53H,3-16,18,20-23,28-32,34,36-43H2,1-2H3,(H,49,54)/b19-17+,26-24-,27-25+,35-33+. The van der Waals surface area contributed by atoms with E-state index in [1.54, 1.807) is 0 Å². The zero-order valence-corrected chi connectivity index (χ0v) is 35.5. The van der Waals surface area contributed by atoms with Crippen molar-refractivity contribution in [2.45, 2.75) is 244 Å². The Morgan fingerprint density at radius 2 is 0.778 bits per heavy atom. The van der Waals surface area contributed by atoms with E-state index in [0.717, 1.165) is 64.2 Å². The van der Waals surface area contributed by atoms with Gasteiger partial charge in [-0.15, -0.1) is 0 Å². The predicted molar refractivity (Wildman–Crippen MR) is 233 cm³/mol. The molecule has 5 N–H and O–H groups in total. The topological polar surface area (TPSA) is 110 Å². The van der Waals surface area contributed by atoms with E-state index in [-0.39, 0.29) is 0 Å². The fourth-order valence-electron chi connectivity index (χ4n) is 6.78. The van der Waals surface area contributed by atoms with Gasteiger partial charge in [-0.3, -0.25) is 4.79 Å². The molecule has 0 aliphatic carbocycles. The number of aliphatic hydroxyl groups is 4. The van der Waals surface area contributed by atoms with Crippen LogP contribution in [0.2, 0.25) is 0 Å². The highest BCUT2D eigenvalue weighted by molar-refractivity contribution is 5.80. The second kappa shape index (κ2) is 42.4. The van der Waals surface area contributed by atoms with Crippen molar-refractivity contribution in [3.8, 4) is 0 Å². The van der Waals surface area contributed by atoms with Gasteiger partial charge in [0, 0.05) is 0 Å². The van der Waals surface area contributed by atoms with Crippen molar-refractivity contribution in [1.82, 2.24) is 5.32 Å². The first-order valence-electron chi connectivity index (χ1n) is 23.0. The van der Waals surface area contributed by atoms with Gasteiger partial charge in [-0.05, 0) is 89.9 Å². The molecule has 0 heterocycles. The third-order valence-corrected chi connectivity index (χ3v) is 10.5. The molecule has 0 fully saturated rings. The van der Waals surface area contributed by atoms with Crippen LogP contribution < -0.4 is 5.32 Å². The maximum Gasteiger partial charge on any atom is 0.249 e. The van der Waals surface area contributed by atoms with Crippen LogP contribution in [0.1, 0.15) is 219 Å². The van der Waals surface area contributed by atoms with Crippen molar-refractivity contribution in [3.63, 3.8) is 0 Å². The van der Waals surface area contributed by atoms with E-state index in [1.807, 2.05) is 0 Å². The number of hydrogen-bond donors (Lipinski definition) is 5. The van der Waals surface area contributed by atoms with Crippen LogP contribution in [0, 0.1) is 0 Å². The van der Waals surface area contributed by atoms with E-state index >= 15 is 0 Å². The van der Waals surface area contributed by atoms with Crippen molar-refractivity contribution < 1.29 is 25.2 Å². The Bertz CT molecular complexity index is 900. The largest absolute Gasteiger partial charge is 0.394 e. The molecule has 54 heavy (non-hydrogen) atoms. The maximum atomic E-state index is 12.5. The van der Waals surface area contributed by atoms with Gasteiger partial charge in [0.05, 0.1) is 18.8 Å². The first kappa shape index (κ1) is 52.3. The minimum absolute atomic E-state index is 0.350. The third kappa shape index (κ3) is 35.9. The van der Waals surface area contributed by atoms with E-state index < -0.39 is 36.9 Å². The van der Waals surface area contributed by atoms with Gasteiger partial charge in [0.25, 0.3) is 0 Å². The molecular formula is C48H89NO5. The van der Waals surface area contributed by atoms with Crippen molar-refractivity contribution in [3.05, 3.63) is 48.6 Å². The average molecular weight is 760 g/mol. The molecule has 0 aliphatic heterocycles. The van der Waals surface area contributed by atoms with Gasteiger partial charge in [-0.1, -0.05) is 178 Å². The van der Waals surface area contributed by atoms with Crippen LogP contribution in [0.5, 0.6) is 0 Å². The lowest BCUT2D eigenvalue weighted by molar-refractivity contribution is -0.132. The molecule has 0 saturated carbocycles. The molecule has 0 aromatic carbocycles. The third-order valence-electron chi connectivity index (χ3n) is 10.5. The number of nitrogens with one attached hydrogen (secondary N) is 1. The number of allylic oxidation sites excluding steroid dienone is 8. The fourth-order valence-corrected chi connectivity index (χ4v) is 6.78. The van der Waals surface area contributed by atoms with Gasteiger partial charge >= 0.3 is 0 Å². The summed E-state index contributed by atoms with van der Waals surface area (Å²) < 4.78 is 0. The van der Waals surface area contributed by atoms with Gasteiger partial charge in [0.15, 0.2) is 0 Å². The van der Waals surface area contributed by atoms with E-state index in [1.165, 1.54) is 122 Å². The number of rotatable bonds is 41. The number of carbonyl (C=O) groups is 1. The summed E-state index contributed by atoms with van der Waals surface area (Å²) in [7, 11) is 0. The number of amides is 1. The molecule has 6 nitrogen and oxygen atoms in total. The molecule has 0 saturated heterocycles. The molecule has 0 bridgehead atoms. The maximum absolute atomic E-state index is 12.5. The Labute approximate surface area is 334 Å². The summed E-state index contributed by atoms with van der Waals surface area (Å²) in [4.78, 5) is 12.5. The summed E-state index contributed by atoms with van der Waals surface area (Å²) in [6, 6.07) is -1.01. The lowest BCUT2D eigenvalue weighted by Gasteiger charge is -2.27. The molecule has 0 spiro atoms. The van der Waals surface area contributed by atoms with Crippen LogP contribution in [0.15, 0.2) is 48.6 Å².